The zero-order valence-electron chi connectivity index (χ0n) is 17.5. The number of allylic oxidation sites excluding steroid dienone is 1. The van der Waals surface area contributed by atoms with Crippen LogP contribution < -0.4 is 21.7 Å². The molecular formula is C24H18N3O6-. The maximum Gasteiger partial charge on any atom is 0.330 e. The van der Waals surface area contributed by atoms with E-state index < -0.39 is 23.1 Å². The zero-order valence-corrected chi connectivity index (χ0v) is 17.5. The molecule has 0 saturated heterocycles. The first-order valence-electron chi connectivity index (χ1n) is 10.2. The van der Waals surface area contributed by atoms with Crippen molar-refractivity contribution in [1.82, 2.24) is 9.55 Å². The molecule has 9 heteroatoms. The van der Waals surface area contributed by atoms with Gasteiger partial charge in [-0.1, -0.05) is 48.5 Å². The van der Waals surface area contributed by atoms with Crippen LogP contribution in [0.4, 0.5) is 5.82 Å². The molecule has 166 valence electrons. The van der Waals surface area contributed by atoms with E-state index in [1.54, 1.807) is 36.4 Å². The van der Waals surface area contributed by atoms with Crippen LogP contribution in [0.2, 0.25) is 0 Å². The number of hydrogen-bond donors (Lipinski definition) is 2. The molecule has 2 aliphatic rings. The third-order valence-corrected chi connectivity index (χ3v) is 6.01. The van der Waals surface area contributed by atoms with Crippen LogP contribution in [-0.2, 0) is 11.3 Å². The minimum atomic E-state index is -1.33. The standard InChI is InChI=1S/C24H19N3O6/c1-33-11-10-27-21-18(22(29)26-24(27)32)16(12-6-8-13(9-7-12)23(30)31)17-19(25-21)14-4-2-3-5-15(14)20(17)28/h2-9,16,25H,10-11H2,1H3,(H,30,31)(H,26,29,32)/p-1. The van der Waals surface area contributed by atoms with Gasteiger partial charge in [0.25, 0.3) is 5.56 Å². The fourth-order valence-electron chi connectivity index (χ4n) is 4.51. The van der Waals surface area contributed by atoms with Gasteiger partial charge in [0.05, 0.1) is 30.4 Å². The molecule has 0 bridgehead atoms. The number of nitrogens with zero attached hydrogens (tertiary/aromatic N) is 1. The Balaban J connectivity index is 1.80. The molecule has 0 fully saturated rings. The number of hydrogen-bond acceptors (Lipinski definition) is 7. The highest BCUT2D eigenvalue weighted by molar-refractivity contribution is 6.23. The molecule has 1 unspecified atom stereocenters. The minimum Gasteiger partial charge on any atom is -0.545 e. The van der Waals surface area contributed by atoms with E-state index in [4.69, 9.17) is 4.74 Å². The quantitative estimate of drug-likeness (QED) is 0.592. The number of Topliss-reactive ketones (excluding diaryl/α,β-unsaturated/α-hetero) is 1. The molecule has 9 nitrogen and oxygen atoms in total. The van der Waals surface area contributed by atoms with E-state index in [2.05, 4.69) is 10.3 Å². The third-order valence-electron chi connectivity index (χ3n) is 6.01. The number of carbonyl (C=O) groups excluding carboxylic acids is 2. The number of aromatic amines is 1. The topological polar surface area (TPSA) is 133 Å². The number of anilines is 1. The van der Waals surface area contributed by atoms with Crippen molar-refractivity contribution in [3.63, 3.8) is 0 Å². The molecule has 2 N–H and O–H groups in total. The van der Waals surface area contributed by atoms with Crippen LogP contribution in [0.25, 0.3) is 5.70 Å². The maximum absolute atomic E-state index is 13.4. The van der Waals surface area contributed by atoms with Gasteiger partial charge in [0.15, 0.2) is 5.78 Å². The number of carbonyl (C=O) groups is 2. The molecular weight excluding hydrogens is 426 g/mol. The lowest BCUT2D eigenvalue weighted by Gasteiger charge is -2.29. The van der Waals surface area contributed by atoms with Crippen molar-refractivity contribution in [3.05, 3.63) is 103 Å². The fourth-order valence-corrected chi connectivity index (χ4v) is 4.51. The van der Waals surface area contributed by atoms with Gasteiger partial charge in [0.1, 0.15) is 5.82 Å². The van der Waals surface area contributed by atoms with Crippen molar-refractivity contribution in [2.75, 3.05) is 19.0 Å². The molecule has 33 heavy (non-hydrogen) atoms. The molecule has 0 spiro atoms. The number of carboxylic acids is 1. The van der Waals surface area contributed by atoms with Gasteiger partial charge < -0.3 is 20.0 Å². The first-order valence-corrected chi connectivity index (χ1v) is 10.2. The van der Waals surface area contributed by atoms with Crippen LogP contribution in [0, 0.1) is 0 Å². The summed E-state index contributed by atoms with van der Waals surface area (Å²) in [4.78, 5) is 52.7. The molecule has 1 aliphatic carbocycles. The highest BCUT2D eigenvalue weighted by Crippen LogP contribution is 2.47. The number of H-pyrrole nitrogens is 1. The second-order valence-electron chi connectivity index (χ2n) is 7.80. The Hall–Kier alpha value is -4.24. The van der Waals surface area contributed by atoms with Gasteiger partial charge in [0, 0.05) is 29.7 Å². The van der Waals surface area contributed by atoms with Crippen molar-refractivity contribution < 1.29 is 19.4 Å². The lowest BCUT2D eigenvalue weighted by molar-refractivity contribution is -0.255. The van der Waals surface area contributed by atoms with E-state index in [0.717, 1.165) is 0 Å². The van der Waals surface area contributed by atoms with E-state index in [9.17, 15) is 24.3 Å². The van der Waals surface area contributed by atoms with Crippen molar-refractivity contribution in [2.24, 2.45) is 0 Å². The average molecular weight is 444 g/mol. The lowest BCUT2D eigenvalue weighted by Crippen LogP contribution is -2.39. The number of fused-ring (bicyclic) bond motifs is 3. The van der Waals surface area contributed by atoms with Crippen LogP contribution in [-0.4, -0.2) is 35.0 Å². The largest absolute Gasteiger partial charge is 0.545 e. The van der Waals surface area contributed by atoms with Crippen molar-refractivity contribution >= 4 is 23.3 Å². The Morgan fingerprint density at radius 2 is 1.76 bits per heavy atom. The first-order chi connectivity index (χ1) is 15.9. The summed E-state index contributed by atoms with van der Waals surface area (Å²) in [7, 11) is 1.50. The number of aromatic carboxylic acids is 1. The number of methoxy groups -OCH3 is 1. The second-order valence-corrected chi connectivity index (χ2v) is 7.80. The monoisotopic (exact) mass is 444 g/mol. The van der Waals surface area contributed by atoms with E-state index in [0.29, 0.717) is 28.0 Å². The number of benzene rings is 2. The number of aromatic nitrogens is 2. The molecule has 3 aromatic rings. The Bertz CT molecular complexity index is 1460. The molecule has 1 aliphatic heterocycles. The zero-order chi connectivity index (χ0) is 23.3. The van der Waals surface area contributed by atoms with Crippen molar-refractivity contribution in [3.8, 4) is 0 Å². The summed E-state index contributed by atoms with van der Waals surface area (Å²) in [6.07, 6.45) is 0. The summed E-state index contributed by atoms with van der Waals surface area (Å²) in [6, 6.07) is 12.9. The van der Waals surface area contributed by atoms with Crippen LogP contribution in [0.5, 0.6) is 0 Å². The number of rotatable bonds is 5. The van der Waals surface area contributed by atoms with Crippen LogP contribution in [0.3, 0.4) is 0 Å². The summed E-state index contributed by atoms with van der Waals surface area (Å²) < 4.78 is 6.49. The van der Waals surface area contributed by atoms with Crippen LogP contribution in [0.15, 0.2) is 63.7 Å². The summed E-state index contributed by atoms with van der Waals surface area (Å²) in [5.74, 6) is -2.10. The summed E-state index contributed by atoms with van der Waals surface area (Å²) in [5, 5.41) is 14.4. The van der Waals surface area contributed by atoms with Crippen LogP contribution in [0.1, 0.15) is 43.3 Å². The Morgan fingerprint density at radius 3 is 2.42 bits per heavy atom. The van der Waals surface area contributed by atoms with E-state index in [1.165, 1.54) is 23.8 Å². The number of ether oxygens (including phenoxy) is 1. The Labute approximate surface area is 187 Å². The summed E-state index contributed by atoms with van der Waals surface area (Å²) in [5.41, 5.74) is 1.54. The average Bonchev–Trinajstić information content (AvgIpc) is 3.10. The van der Waals surface area contributed by atoms with Gasteiger partial charge in [-0.2, -0.15) is 0 Å². The first kappa shape index (κ1) is 20.7. The Kier molecular flexibility index (Phi) is 4.83. The molecule has 1 atom stereocenters. The fraction of sp³-hybridized carbons (Fsp3) is 0.167. The van der Waals surface area contributed by atoms with E-state index >= 15 is 0 Å². The van der Waals surface area contributed by atoms with E-state index in [1.807, 2.05) is 0 Å². The van der Waals surface area contributed by atoms with Gasteiger partial charge in [0.2, 0.25) is 0 Å². The molecule has 2 aromatic carbocycles. The Morgan fingerprint density at radius 1 is 1.06 bits per heavy atom. The summed E-state index contributed by atoms with van der Waals surface area (Å²) in [6.45, 7) is 0.405. The van der Waals surface area contributed by atoms with Crippen molar-refractivity contribution in [1.29, 1.82) is 0 Å². The molecule has 0 saturated carbocycles. The summed E-state index contributed by atoms with van der Waals surface area (Å²) >= 11 is 0. The number of ketones is 1. The molecule has 1 aromatic heterocycles. The molecule has 0 radical (unpaired) electrons. The van der Waals surface area contributed by atoms with Gasteiger partial charge in [-0.15, -0.1) is 0 Å². The predicted octanol–water partition coefficient (Wildman–Crippen LogP) is 0.711. The molecule has 5 rings (SSSR count). The third kappa shape index (κ3) is 3.13. The maximum atomic E-state index is 13.4. The normalized spacial score (nSPS) is 16.2. The number of carboxylic acid groups (broad SMARTS) is 1. The lowest BCUT2D eigenvalue weighted by atomic mass is 9.81. The molecule has 0 amide bonds. The molecule has 2 heterocycles. The highest BCUT2D eigenvalue weighted by Gasteiger charge is 2.42. The van der Waals surface area contributed by atoms with Gasteiger partial charge in [-0.25, -0.2) is 4.79 Å². The predicted molar refractivity (Wildman–Crippen MR) is 117 cm³/mol. The van der Waals surface area contributed by atoms with E-state index in [-0.39, 0.29) is 35.9 Å². The van der Waals surface area contributed by atoms with Gasteiger partial charge >= 0.3 is 5.69 Å². The van der Waals surface area contributed by atoms with Crippen LogP contribution >= 0.6 is 0 Å². The highest BCUT2D eigenvalue weighted by atomic mass is 16.5. The SMILES string of the molecule is COCCn1c2c(c(=O)[nH]c1=O)C(c1ccc(C(=O)[O-])cc1)C1=C(N2)c2ccccc2C1=O. The van der Waals surface area contributed by atoms with Gasteiger partial charge in [-0.05, 0) is 11.1 Å². The minimum absolute atomic E-state index is 0.0258. The van der Waals surface area contributed by atoms with Gasteiger partial charge in [-0.3, -0.25) is 19.1 Å². The smallest absolute Gasteiger partial charge is 0.330 e. The second kappa shape index (κ2) is 7.72. The number of nitrogens with one attached hydrogen (secondary N) is 2. The van der Waals surface area contributed by atoms with Crippen molar-refractivity contribution in [2.45, 2.75) is 12.5 Å².